The first-order chi connectivity index (χ1) is 9.80. The van der Waals surface area contributed by atoms with Crippen LogP contribution < -0.4 is 5.32 Å². The zero-order valence-corrected chi connectivity index (χ0v) is 13.5. The Morgan fingerprint density at radius 1 is 1.43 bits per heavy atom. The highest BCUT2D eigenvalue weighted by Crippen LogP contribution is 2.34. The molecule has 0 fully saturated rings. The van der Waals surface area contributed by atoms with E-state index >= 15 is 0 Å². The molecule has 0 saturated heterocycles. The van der Waals surface area contributed by atoms with Crippen molar-refractivity contribution in [2.24, 2.45) is 5.41 Å². The van der Waals surface area contributed by atoms with Crippen molar-refractivity contribution in [1.82, 2.24) is 9.88 Å². The molecule has 1 aromatic carbocycles. The summed E-state index contributed by atoms with van der Waals surface area (Å²) >= 11 is 1.41. The normalized spacial score (nSPS) is 12.0. The van der Waals surface area contributed by atoms with E-state index in [1.165, 1.54) is 11.3 Å². The van der Waals surface area contributed by atoms with Gasteiger partial charge in [0.1, 0.15) is 5.69 Å². The van der Waals surface area contributed by atoms with Gasteiger partial charge in [-0.1, -0.05) is 13.8 Å². The van der Waals surface area contributed by atoms with Crippen LogP contribution in [0.5, 0.6) is 0 Å². The summed E-state index contributed by atoms with van der Waals surface area (Å²) in [5.74, 6) is 0. The third kappa shape index (κ3) is 3.68. The van der Waals surface area contributed by atoms with Gasteiger partial charge in [-0.2, -0.15) is 0 Å². The smallest absolute Gasteiger partial charge is 0.319 e. The molecule has 21 heavy (non-hydrogen) atoms. The molecule has 2 rings (SSSR count). The summed E-state index contributed by atoms with van der Waals surface area (Å²) in [4.78, 5) is 17.2. The first kappa shape index (κ1) is 15.7. The summed E-state index contributed by atoms with van der Waals surface area (Å²) in [5.41, 5.74) is 2.70. The molecule has 0 saturated carbocycles. The Hall–Kier alpha value is -1.73. The van der Waals surface area contributed by atoms with Crippen molar-refractivity contribution in [2.75, 3.05) is 32.5 Å². The van der Waals surface area contributed by atoms with Crippen LogP contribution in [0, 0.1) is 15.5 Å². The summed E-state index contributed by atoms with van der Waals surface area (Å²) in [7, 11) is 4.04. The Balaban J connectivity index is 2.26. The van der Waals surface area contributed by atoms with Gasteiger partial charge in [-0.15, -0.1) is 11.3 Å². The standard InChI is InChI=1S/C14H20N4O2S/c1-14(2,8-17(3)4)7-15-10-5-6-11-12(16-9-21-11)13(10)18(19)20/h5-6,9,15H,7-8H2,1-4H3. The van der Waals surface area contributed by atoms with Crippen molar-refractivity contribution in [1.29, 1.82) is 0 Å². The minimum absolute atomic E-state index is 0.00833. The molecule has 1 N–H and O–H groups in total. The number of fused-ring (bicyclic) bond motifs is 1. The maximum absolute atomic E-state index is 11.4. The van der Waals surface area contributed by atoms with Gasteiger partial charge in [0.25, 0.3) is 0 Å². The fraction of sp³-hybridized carbons (Fsp3) is 0.500. The molecule has 0 atom stereocenters. The molecule has 7 heteroatoms. The number of thiazole rings is 1. The average molecular weight is 308 g/mol. The molecule has 0 amide bonds. The SMILES string of the molecule is CN(C)CC(C)(C)CNc1ccc2scnc2c1[N+](=O)[O-]. The van der Waals surface area contributed by atoms with E-state index in [0.29, 0.717) is 17.7 Å². The van der Waals surface area contributed by atoms with Gasteiger partial charge in [-0.25, -0.2) is 4.98 Å². The van der Waals surface area contributed by atoms with E-state index in [0.717, 1.165) is 11.2 Å². The molecule has 0 bridgehead atoms. The molecule has 1 aromatic heterocycles. The predicted octanol–water partition coefficient (Wildman–Crippen LogP) is 3.20. The Labute approximate surface area is 127 Å². The zero-order chi connectivity index (χ0) is 15.6. The molecule has 0 aliphatic rings. The zero-order valence-electron chi connectivity index (χ0n) is 12.7. The molecule has 6 nitrogen and oxygen atoms in total. The lowest BCUT2D eigenvalue weighted by Crippen LogP contribution is -2.34. The molecule has 1 heterocycles. The number of nitrogens with one attached hydrogen (secondary N) is 1. The minimum Gasteiger partial charge on any atom is -0.379 e. The van der Waals surface area contributed by atoms with E-state index in [9.17, 15) is 10.1 Å². The van der Waals surface area contributed by atoms with Gasteiger partial charge in [0.05, 0.1) is 15.1 Å². The molecule has 114 valence electrons. The van der Waals surface area contributed by atoms with Gasteiger partial charge in [0.2, 0.25) is 0 Å². The molecule has 2 aromatic rings. The van der Waals surface area contributed by atoms with Crippen LogP contribution in [-0.4, -0.2) is 42.0 Å². The number of anilines is 1. The number of aromatic nitrogens is 1. The molecule has 0 unspecified atom stereocenters. The van der Waals surface area contributed by atoms with Crippen molar-refractivity contribution in [3.8, 4) is 0 Å². The summed E-state index contributed by atoms with van der Waals surface area (Å²) in [6, 6.07) is 3.64. The Bertz CT molecular complexity index is 651. The maximum atomic E-state index is 11.4. The van der Waals surface area contributed by atoms with Gasteiger partial charge >= 0.3 is 5.69 Å². The fourth-order valence-corrected chi connectivity index (χ4v) is 3.17. The van der Waals surface area contributed by atoms with Crippen LogP contribution in [0.3, 0.4) is 0 Å². The molecular weight excluding hydrogens is 288 g/mol. The maximum Gasteiger partial charge on any atom is 0.319 e. The van der Waals surface area contributed by atoms with Crippen molar-refractivity contribution in [3.05, 3.63) is 27.8 Å². The molecule has 0 aliphatic carbocycles. The predicted molar refractivity (Wildman–Crippen MR) is 87.1 cm³/mol. The third-order valence-electron chi connectivity index (χ3n) is 3.16. The van der Waals surface area contributed by atoms with Gasteiger partial charge in [-0.3, -0.25) is 10.1 Å². The van der Waals surface area contributed by atoms with E-state index in [4.69, 9.17) is 0 Å². The van der Waals surface area contributed by atoms with Gasteiger partial charge < -0.3 is 10.2 Å². The molecule has 0 aliphatic heterocycles. The topological polar surface area (TPSA) is 71.3 Å². The van der Waals surface area contributed by atoms with Gasteiger partial charge in [-0.05, 0) is 31.6 Å². The van der Waals surface area contributed by atoms with Crippen LogP contribution >= 0.6 is 11.3 Å². The van der Waals surface area contributed by atoms with Crippen LogP contribution in [0.4, 0.5) is 11.4 Å². The third-order valence-corrected chi connectivity index (χ3v) is 3.95. The molecule has 0 spiro atoms. The first-order valence-corrected chi connectivity index (χ1v) is 7.57. The van der Waals surface area contributed by atoms with E-state index in [1.807, 2.05) is 20.2 Å². The lowest BCUT2D eigenvalue weighted by atomic mass is 9.93. The molecule has 0 radical (unpaired) electrons. The highest BCUT2D eigenvalue weighted by Gasteiger charge is 2.24. The fourth-order valence-electron chi connectivity index (χ4n) is 2.49. The second-order valence-corrected chi connectivity index (χ2v) is 7.06. The van der Waals surface area contributed by atoms with Crippen molar-refractivity contribution < 1.29 is 4.92 Å². The number of rotatable bonds is 6. The number of benzene rings is 1. The Morgan fingerprint density at radius 3 is 2.76 bits per heavy atom. The van der Waals surface area contributed by atoms with Crippen LogP contribution in [0.1, 0.15) is 13.8 Å². The summed E-state index contributed by atoms with van der Waals surface area (Å²) in [6.07, 6.45) is 0. The second kappa shape index (κ2) is 5.95. The largest absolute Gasteiger partial charge is 0.379 e. The average Bonchev–Trinajstić information content (AvgIpc) is 2.81. The van der Waals surface area contributed by atoms with Crippen molar-refractivity contribution in [2.45, 2.75) is 13.8 Å². The van der Waals surface area contributed by atoms with Crippen LogP contribution in [-0.2, 0) is 0 Å². The summed E-state index contributed by atoms with van der Waals surface area (Å²) < 4.78 is 0.833. The number of hydrogen-bond donors (Lipinski definition) is 1. The van der Waals surface area contributed by atoms with Crippen LogP contribution in [0.15, 0.2) is 17.6 Å². The van der Waals surface area contributed by atoms with E-state index in [2.05, 4.69) is 29.0 Å². The van der Waals surface area contributed by atoms with Crippen molar-refractivity contribution >= 4 is 32.9 Å². The van der Waals surface area contributed by atoms with Crippen molar-refractivity contribution in [3.63, 3.8) is 0 Å². The lowest BCUT2D eigenvalue weighted by Gasteiger charge is -2.28. The van der Waals surface area contributed by atoms with Gasteiger partial charge in [0.15, 0.2) is 5.52 Å². The number of nitrogens with zero attached hydrogens (tertiary/aromatic N) is 3. The lowest BCUT2D eigenvalue weighted by molar-refractivity contribution is -0.382. The number of nitro benzene ring substituents is 1. The Kier molecular flexibility index (Phi) is 4.43. The monoisotopic (exact) mass is 308 g/mol. The first-order valence-electron chi connectivity index (χ1n) is 6.69. The quantitative estimate of drug-likeness (QED) is 0.655. The summed E-state index contributed by atoms with van der Waals surface area (Å²) in [6.45, 7) is 5.81. The Morgan fingerprint density at radius 2 is 2.14 bits per heavy atom. The van der Waals surface area contributed by atoms with Crippen LogP contribution in [0.25, 0.3) is 10.2 Å². The second-order valence-electron chi connectivity index (χ2n) is 6.17. The van der Waals surface area contributed by atoms with E-state index in [1.54, 1.807) is 11.6 Å². The van der Waals surface area contributed by atoms with E-state index < -0.39 is 0 Å². The van der Waals surface area contributed by atoms with Gasteiger partial charge in [0, 0.05) is 13.1 Å². The van der Waals surface area contributed by atoms with Crippen LogP contribution in [0.2, 0.25) is 0 Å². The number of nitro groups is 1. The number of hydrogen-bond acceptors (Lipinski definition) is 6. The van der Waals surface area contributed by atoms with E-state index in [-0.39, 0.29) is 16.0 Å². The summed E-state index contributed by atoms with van der Waals surface area (Å²) in [5, 5.41) is 14.6. The minimum atomic E-state index is -0.358. The highest BCUT2D eigenvalue weighted by atomic mass is 32.1. The molecular formula is C14H20N4O2S. The highest BCUT2D eigenvalue weighted by molar-refractivity contribution is 7.16.